The van der Waals surface area contributed by atoms with Crippen molar-refractivity contribution in [1.82, 2.24) is 9.97 Å². The predicted molar refractivity (Wildman–Crippen MR) is 107 cm³/mol. The van der Waals surface area contributed by atoms with Crippen LogP contribution >= 0.6 is 0 Å². The Bertz CT molecular complexity index is 1130. The molecule has 0 unspecified atom stereocenters. The summed E-state index contributed by atoms with van der Waals surface area (Å²) in [6.07, 6.45) is -3.38. The number of hydrogen-bond donors (Lipinski definition) is 1. The van der Waals surface area contributed by atoms with Crippen molar-refractivity contribution in [3.8, 4) is 11.6 Å². The van der Waals surface area contributed by atoms with Gasteiger partial charge in [-0.2, -0.15) is 17.6 Å². The number of nitrogens with one attached hydrogen (secondary N) is 1. The molecule has 31 heavy (non-hydrogen) atoms. The molecule has 0 spiro atoms. The average Bonchev–Trinajstić information content (AvgIpc) is 2.69. The van der Waals surface area contributed by atoms with Gasteiger partial charge in [-0.15, -0.1) is 0 Å². The Kier molecular flexibility index (Phi) is 6.24. The average molecular weight is 433 g/mol. The zero-order valence-electron chi connectivity index (χ0n) is 17.0. The van der Waals surface area contributed by atoms with E-state index in [0.29, 0.717) is 11.9 Å². The molecule has 2 heterocycles. The first-order valence-electron chi connectivity index (χ1n) is 9.38. The normalized spacial score (nSPS) is 11.3. The van der Waals surface area contributed by atoms with Crippen molar-refractivity contribution in [3.05, 3.63) is 76.5 Å². The molecule has 0 bridgehead atoms. The highest BCUT2D eigenvalue weighted by atomic mass is 19.4. The first-order valence-corrected chi connectivity index (χ1v) is 9.38. The molecule has 0 fully saturated rings. The molecule has 9 heteroatoms. The SMILES string of the molecule is CCc1cccc(NC(=O)c2c(Oc3ccc(F)nc3C)ncc(C(F)(F)F)c2C)c1. The van der Waals surface area contributed by atoms with Crippen molar-refractivity contribution in [1.29, 1.82) is 0 Å². The van der Waals surface area contributed by atoms with E-state index in [-0.39, 0.29) is 28.5 Å². The van der Waals surface area contributed by atoms with Crippen LogP contribution in [0.2, 0.25) is 0 Å². The summed E-state index contributed by atoms with van der Waals surface area (Å²) in [5.74, 6) is -1.83. The lowest BCUT2D eigenvalue weighted by Crippen LogP contribution is -2.19. The summed E-state index contributed by atoms with van der Waals surface area (Å²) in [6.45, 7) is 4.57. The third-order valence-corrected chi connectivity index (χ3v) is 4.64. The van der Waals surface area contributed by atoms with Crippen LogP contribution in [0, 0.1) is 19.8 Å². The largest absolute Gasteiger partial charge is 0.436 e. The maximum Gasteiger partial charge on any atom is 0.418 e. The lowest BCUT2D eigenvalue weighted by molar-refractivity contribution is -0.138. The molecule has 3 aromatic rings. The van der Waals surface area contributed by atoms with Gasteiger partial charge < -0.3 is 10.1 Å². The number of pyridine rings is 2. The minimum absolute atomic E-state index is 0.0649. The van der Waals surface area contributed by atoms with Crippen molar-refractivity contribution in [2.24, 2.45) is 0 Å². The second-order valence-corrected chi connectivity index (χ2v) is 6.80. The quantitative estimate of drug-likeness (QED) is 0.405. The molecule has 0 saturated carbocycles. The third kappa shape index (κ3) is 4.99. The summed E-state index contributed by atoms with van der Waals surface area (Å²) in [6, 6.07) is 9.25. The molecular formula is C22H19F4N3O2. The van der Waals surface area contributed by atoms with Gasteiger partial charge in [-0.25, -0.2) is 9.97 Å². The van der Waals surface area contributed by atoms with Gasteiger partial charge in [-0.1, -0.05) is 19.1 Å². The number of aromatic nitrogens is 2. The fraction of sp³-hybridized carbons (Fsp3) is 0.227. The van der Waals surface area contributed by atoms with Crippen LogP contribution in [0.25, 0.3) is 0 Å². The highest BCUT2D eigenvalue weighted by Gasteiger charge is 2.36. The molecule has 3 rings (SSSR count). The van der Waals surface area contributed by atoms with Gasteiger partial charge in [-0.3, -0.25) is 4.79 Å². The molecule has 0 aliphatic heterocycles. The lowest BCUT2D eigenvalue weighted by atomic mass is 10.0. The van der Waals surface area contributed by atoms with E-state index in [9.17, 15) is 22.4 Å². The Morgan fingerprint density at radius 3 is 2.55 bits per heavy atom. The summed E-state index contributed by atoms with van der Waals surface area (Å²) in [5, 5.41) is 2.60. The van der Waals surface area contributed by atoms with Crippen molar-refractivity contribution < 1.29 is 27.1 Å². The van der Waals surface area contributed by atoms with Crippen LogP contribution in [-0.2, 0) is 12.6 Å². The van der Waals surface area contributed by atoms with E-state index in [1.165, 1.54) is 19.9 Å². The third-order valence-electron chi connectivity index (χ3n) is 4.64. The summed E-state index contributed by atoms with van der Waals surface area (Å²) < 4.78 is 59.1. The lowest BCUT2D eigenvalue weighted by Gasteiger charge is -2.17. The first-order chi connectivity index (χ1) is 14.6. The smallest absolute Gasteiger partial charge is 0.418 e. The standard InChI is InChI=1S/C22H19F4N3O2/c1-4-14-6-5-7-15(10-14)29-20(30)19-12(2)16(22(24,25)26)11-27-21(19)31-17-8-9-18(23)28-13(17)3/h5-11H,4H2,1-3H3,(H,29,30). The van der Waals surface area contributed by atoms with Crippen LogP contribution < -0.4 is 10.1 Å². The predicted octanol–water partition coefficient (Wildman–Crippen LogP) is 5.86. The second kappa shape index (κ2) is 8.71. The molecule has 1 aromatic carbocycles. The molecule has 1 amide bonds. The molecule has 0 aliphatic rings. The zero-order valence-corrected chi connectivity index (χ0v) is 17.0. The molecule has 1 N–H and O–H groups in total. The fourth-order valence-electron chi connectivity index (χ4n) is 3.00. The molecule has 0 aliphatic carbocycles. The molecular weight excluding hydrogens is 414 g/mol. The fourth-order valence-corrected chi connectivity index (χ4v) is 3.00. The Labute approximate surface area is 176 Å². The maximum absolute atomic E-state index is 13.4. The van der Waals surface area contributed by atoms with Crippen molar-refractivity contribution in [3.63, 3.8) is 0 Å². The summed E-state index contributed by atoms with van der Waals surface area (Å²) >= 11 is 0. The van der Waals surface area contributed by atoms with Gasteiger partial charge in [0, 0.05) is 11.9 Å². The van der Waals surface area contributed by atoms with Crippen LogP contribution in [0.15, 0.2) is 42.6 Å². The minimum atomic E-state index is -4.71. The van der Waals surface area contributed by atoms with Crippen LogP contribution in [0.5, 0.6) is 11.6 Å². The molecule has 0 atom stereocenters. The Balaban J connectivity index is 2.06. The van der Waals surface area contributed by atoms with Crippen LogP contribution in [0.4, 0.5) is 23.2 Å². The number of ether oxygens (including phenoxy) is 1. The van der Waals surface area contributed by atoms with Gasteiger partial charge in [0.05, 0.1) is 11.3 Å². The number of amides is 1. The van der Waals surface area contributed by atoms with Crippen molar-refractivity contribution >= 4 is 11.6 Å². The molecule has 0 saturated heterocycles. The van der Waals surface area contributed by atoms with E-state index in [1.807, 2.05) is 13.0 Å². The molecule has 2 aromatic heterocycles. The summed E-state index contributed by atoms with van der Waals surface area (Å²) in [5.41, 5.74) is -0.245. The minimum Gasteiger partial charge on any atom is -0.436 e. The van der Waals surface area contributed by atoms with E-state index >= 15 is 0 Å². The van der Waals surface area contributed by atoms with Crippen molar-refractivity contribution in [2.45, 2.75) is 33.4 Å². The van der Waals surface area contributed by atoms with Gasteiger partial charge in [0.25, 0.3) is 5.91 Å². The topological polar surface area (TPSA) is 64.1 Å². The van der Waals surface area contributed by atoms with Gasteiger partial charge in [0.15, 0.2) is 5.75 Å². The number of aryl methyl sites for hydroxylation is 2. The Hall–Kier alpha value is -3.49. The van der Waals surface area contributed by atoms with E-state index in [0.717, 1.165) is 18.1 Å². The second-order valence-electron chi connectivity index (χ2n) is 6.80. The summed E-state index contributed by atoms with van der Waals surface area (Å²) in [4.78, 5) is 20.3. The number of halogens is 4. The van der Waals surface area contributed by atoms with Crippen LogP contribution in [0.3, 0.4) is 0 Å². The number of hydrogen-bond acceptors (Lipinski definition) is 4. The monoisotopic (exact) mass is 433 g/mol. The Morgan fingerprint density at radius 1 is 1.16 bits per heavy atom. The number of anilines is 1. The highest BCUT2D eigenvalue weighted by Crippen LogP contribution is 2.36. The maximum atomic E-state index is 13.4. The van der Waals surface area contributed by atoms with Gasteiger partial charge in [0.2, 0.25) is 11.8 Å². The highest BCUT2D eigenvalue weighted by molar-refractivity contribution is 6.07. The summed E-state index contributed by atoms with van der Waals surface area (Å²) in [7, 11) is 0. The van der Waals surface area contributed by atoms with E-state index in [2.05, 4.69) is 15.3 Å². The van der Waals surface area contributed by atoms with E-state index < -0.39 is 23.6 Å². The van der Waals surface area contributed by atoms with Gasteiger partial charge in [-0.05, 0) is 55.7 Å². The first kappa shape index (κ1) is 22.2. The number of carbonyl (C=O) groups excluding carboxylic acids is 1. The number of benzene rings is 1. The van der Waals surface area contributed by atoms with E-state index in [1.54, 1.807) is 18.2 Å². The van der Waals surface area contributed by atoms with Gasteiger partial charge >= 0.3 is 6.18 Å². The molecule has 5 nitrogen and oxygen atoms in total. The molecule has 162 valence electrons. The van der Waals surface area contributed by atoms with E-state index in [4.69, 9.17) is 4.74 Å². The van der Waals surface area contributed by atoms with Gasteiger partial charge in [0.1, 0.15) is 5.56 Å². The number of alkyl halides is 3. The number of nitrogens with zero attached hydrogens (tertiary/aromatic N) is 2. The number of carbonyl (C=O) groups is 1. The van der Waals surface area contributed by atoms with Crippen LogP contribution in [-0.4, -0.2) is 15.9 Å². The molecule has 0 radical (unpaired) electrons. The van der Waals surface area contributed by atoms with Crippen molar-refractivity contribution in [2.75, 3.05) is 5.32 Å². The van der Waals surface area contributed by atoms with Crippen LogP contribution in [0.1, 0.15) is 39.7 Å². The number of rotatable bonds is 5. The Morgan fingerprint density at radius 2 is 1.90 bits per heavy atom. The zero-order chi connectivity index (χ0) is 22.8.